The van der Waals surface area contributed by atoms with Crippen LogP contribution in [-0.2, 0) is 5.41 Å². The average molecular weight is 307 g/mol. The molecule has 1 heterocycles. The zero-order valence-corrected chi connectivity index (χ0v) is 14.0. The molecule has 3 nitrogen and oxygen atoms in total. The molecule has 3 rings (SSSR count). The van der Waals surface area contributed by atoms with E-state index >= 15 is 0 Å². The van der Waals surface area contributed by atoms with Crippen molar-refractivity contribution in [1.82, 2.24) is 4.73 Å². The predicted octanol–water partition coefficient (Wildman–Crippen LogP) is 4.02. The van der Waals surface area contributed by atoms with Gasteiger partial charge in [0.2, 0.25) is 0 Å². The lowest BCUT2D eigenvalue weighted by molar-refractivity contribution is 0.170. The third-order valence-corrected chi connectivity index (χ3v) is 4.11. The van der Waals surface area contributed by atoms with Crippen LogP contribution in [0.2, 0.25) is 0 Å². The second kappa shape index (κ2) is 5.58. The smallest absolute Gasteiger partial charge is 0.291 e. The molecule has 0 saturated heterocycles. The largest absolute Gasteiger partial charge is 0.413 e. The molecule has 1 aromatic heterocycles. The Labute approximate surface area is 136 Å². The van der Waals surface area contributed by atoms with Crippen molar-refractivity contribution in [2.45, 2.75) is 26.2 Å². The number of para-hydroxylation sites is 1. The minimum Gasteiger partial charge on any atom is -0.413 e. The minimum atomic E-state index is -0.144. The Balaban J connectivity index is 2.20. The van der Waals surface area contributed by atoms with Gasteiger partial charge in [-0.2, -0.15) is 0 Å². The molecule has 0 unspecified atom stereocenters. The average Bonchev–Trinajstić information content (AvgIpc) is 2.54. The zero-order valence-electron chi connectivity index (χ0n) is 14.0. The minimum absolute atomic E-state index is 0.0919. The number of pyridine rings is 1. The van der Waals surface area contributed by atoms with E-state index in [1.54, 1.807) is 0 Å². The number of hydrogen-bond acceptors (Lipinski definition) is 2. The Bertz CT molecular complexity index is 900. The van der Waals surface area contributed by atoms with Gasteiger partial charge in [-0.05, 0) is 28.7 Å². The monoisotopic (exact) mass is 307 g/mol. The van der Waals surface area contributed by atoms with Gasteiger partial charge in [0.05, 0.1) is 11.1 Å². The molecule has 0 aliphatic rings. The molecule has 0 N–H and O–H groups in total. The maximum absolute atomic E-state index is 12.7. The van der Waals surface area contributed by atoms with E-state index in [-0.39, 0.29) is 11.0 Å². The summed E-state index contributed by atoms with van der Waals surface area (Å²) < 4.78 is 1.35. The Morgan fingerprint density at radius 1 is 0.957 bits per heavy atom. The van der Waals surface area contributed by atoms with Crippen LogP contribution in [0.5, 0.6) is 0 Å². The van der Waals surface area contributed by atoms with Crippen molar-refractivity contribution in [3.8, 4) is 11.1 Å². The number of hydrogen-bond donors (Lipinski definition) is 0. The van der Waals surface area contributed by atoms with E-state index in [2.05, 4.69) is 32.9 Å². The predicted molar refractivity (Wildman–Crippen MR) is 94.8 cm³/mol. The summed E-state index contributed by atoms with van der Waals surface area (Å²) >= 11 is 0. The first-order valence-electron chi connectivity index (χ1n) is 7.72. The summed E-state index contributed by atoms with van der Waals surface area (Å²) in [4.78, 5) is 18.0. The highest BCUT2D eigenvalue weighted by atomic mass is 16.6. The molecule has 0 fully saturated rings. The van der Waals surface area contributed by atoms with Crippen LogP contribution in [0.3, 0.4) is 0 Å². The van der Waals surface area contributed by atoms with Gasteiger partial charge in [0, 0.05) is 5.39 Å². The second-order valence-corrected chi connectivity index (χ2v) is 6.73. The summed E-state index contributed by atoms with van der Waals surface area (Å²) in [5.74, 6) is 0. The van der Waals surface area contributed by atoms with E-state index in [9.17, 15) is 4.79 Å². The first-order chi connectivity index (χ1) is 10.9. The van der Waals surface area contributed by atoms with Crippen molar-refractivity contribution in [2.75, 3.05) is 7.11 Å². The Kier molecular flexibility index (Phi) is 3.72. The van der Waals surface area contributed by atoms with Gasteiger partial charge in [0.15, 0.2) is 0 Å². The van der Waals surface area contributed by atoms with Crippen LogP contribution in [0.15, 0.2) is 59.4 Å². The summed E-state index contributed by atoms with van der Waals surface area (Å²) in [7, 11) is 1.51. The Morgan fingerprint density at radius 2 is 1.61 bits per heavy atom. The van der Waals surface area contributed by atoms with Gasteiger partial charge in [0.25, 0.3) is 5.56 Å². The van der Waals surface area contributed by atoms with Gasteiger partial charge >= 0.3 is 0 Å². The van der Waals surface area contributed by atoms with Crippen molar-refractivity contribution in [2.24, 2.45) is 0 Å². The van der Waals surface area contributed by atoms with Crippen LogP contribution in [0, 0.1) is 0 Å². The summed E-state index contributed by atoms with van der Waals surface area (Å²) in [6.45, 7) is 6.53. The first-order valence-corrected chi connectivity index (χ1v) is 7.72. The third kappa shape index (κ3) is 2.74. The summed E-state index contributed by atoms with van der Waals surface area (Å²) in [6.07, 6.45) is 0. The fraction of sp³-hybridized carbons (Fsp3) is 0.250. The van der Waals surface area contributed by atoms with Crippen molar-refractivity contribution in [3.05, 3.63) is 70.5 Å². The van der Waals surface area contributed by atoms with Crippen LogP contribution in [0.4, 0.5) is 0 Å². The number of rotatable bonds is 2. The molecule has 2 aromatic carbocycles. The number of nitrogens with zero attached hydrogens (tertiary/aromatic N) is 1. The fourth-order valence-electron chi connectivity index (χ4n) is 2.77. The van der Waals surface area contributed by atoms with Gasteiger partial charge in [-0.15, -0.1) is 4.73 Å². The highest BCUT2D eigenvalue weighted by Crippen LogP contribution is 2.26. The standard InChI is InChI=1S/C20H21NO2/c1-20(2,3)16-11-9-14(10-12-16)17-13-15-7-5-6-8-18(15)21(23-4)19(17)22/h5-13H,1-4H3. The van der Waals surface area contributed by atoms with Crippen LogP contribution in [0.25, 0.3) is 22.0 Å². The lowest BCUT2D eigenvalue weighted by atomic mass is 9.86. The summed E-state index contributed by atoms with van der Waals surface area (Å²) in [5, 5.41) is 0.976. The molecule has 0 bridgehead atoms. The van der Waals surface area contributed by atoms with E-state index in [1.807, 2.05) is 42.5 Å². The number of fused-ring (bicyclic) bond motifs is 1. The van der Waals surface area contributed by atoms with E-state index in [0.717, 1.165) is 16.5 Å². The molecular formula is C20H21NO2. The van der Waals surface area contributed by atoms with E-state index < -0.39 is 0 Å². The molecule has 0 aliphatic heterocycles. The highest BCUT2D eigenvalue weighted by Gasteiger charge is 2.15. The molecular weight excluding hydrogens is 286 g/mol. The van der Waals surface area contributed by atoms with Crippen molar-refractivity contribution >= 4 is 10.9 Å². The van der Waals surface area contributed by atoms with E-state index in [0.29, 0.717) is 5.56 Å². The van der Waals surface area contributed by atoms with Crippen LogP contribution < -0.4 is 10.4 Å². The molecule has 0 amide bonds. The van der Waals surface area contributed by atoms with Gasteiger partial charge in [-0.25, -0.2) is 0 Å². The van der Waals surface area contributed by atoms with Crippen molar-refractivity contribution in [3.63, 3.8) is 0 Å². The van der Waals surface area contributed by atoms with E-state index in [4.69, 9.17) is 4.84 Å². The van der Waals surface area contributed by atoms with Crippen molar-refractivity contribution < 1.29 is 4.84 Å². The molecule has 3 aromatic rings. The maximum Gasteiger partial charge on any atom is 0.291 e. The molecule has 0 atom stereocenters. The van der Waals surface area contributed by atoms with E-state index in [1.165, 1.54) is 17.4 Å². The van der Waals surface area contributed by atoms with Crippen molar-refractivity contribution in [1.29, 1.82) is 0 Å². The van der Waals surface area contributed by atoms with Gasteiger partial charge < -0.3 is 4.84 Å². The SMILES string of the molecule is COn1c(=O)c(-c2ccc(C(C)(C)C)cc2)cc2ccccc21. The number of aromatic nitrogens is 1. The maximum atomic E-state index is 12.7. The molecule has 0 aliphatic carbocycles. The van der Waals surface area contributed by atoms with Crippen LogP contribution in [0.1, 0.15) is 26.3 Å². The normalized spacial score (nSPS) is 11.7. The molecule has 0 saturated carbocycles. The zero-order chi connectivity index (χ0) is 16.6. The molecule has 3 heteroatoms. The van der Waals surface area contributed by atoms with Crippen LogP contribution >= 0.6 is 0 Å². The first kappa shape index (κ1) is 15.3. The van der Waals surface area contributed by atoms with Gasteiger partial charge in [0.1, 0.15) is 7.11 Å². The topological polar surface area (TPSA) is 31.2 Å². The Morgan fingerprint density at radius 3 is 2.22 bits per heavy atom. The highest BCUT2D eigenvalue weighted by molar-refractivity contribution is 5.83. The summed E-state index contributed by atoms with van der Waals surface area (Å²) in [5.41, 5.74) is 3.51. The van der Waals surface area contributed by atoms with Gasteiger partial charge in [-0.3, -0.25) is 4.79 Å². The molecule has 23 heavy (non-hydrogen) atoms. The molecule has 0 spiro atoms. The lowest BCUT2D eigenvalue weighted by Gasteiger charge is -2.19. The van der Waals surface area contributed by atoms with Crippen LogP contribution in [-0.4, -0.2) is 11.8 Å². The third-order valence-electron chi connectivity index (χ3n) is 4.11. The van der Waals surface area contributed by atoms with Gasteiger partial charge in [-0.1, -0.05) is 63.2 Å². The fourth-order valence-corrected chi connectivity index (χ4v) is 2.77. The quantitative estimate of drug-likeness (QED) is 0.716. The molecule has 118 valence electrons. The lowest BCUT2D eigenvalue weighted by Crippen LogP contribution is -2.26. The summed E-state index contributed by atoms with van der Waals surface area (Å²) in [6, 6.07) is 17.8. The number of benzene rings is 2. The molecule has 0 radical (unpaired) electrons. The second-order valence-electron chi connectivity index (χ2n) is 6.73. The Hall–Kier alpha value is -2.55.